The number of likely N-dealkylation sites (tertiary alicyclic amines) is 1. The maximum absolute atomic E-state index is 12.5. The minimum absolute atomic E-state index is 0.0666. The standard InChI is InChI=1S/C17H19N3O4.C7H8O3S/c1-10-7-16(22)24-14-8-11(4-5-12(10)14)19-17(23)13-3-2-6-20(13)15(21)9-18;1-6-2-4-7(5-3-6)11(8,9)10/h4-5,7-8,13H,2-3,6,9,18H2,1H3,(H,19,23);2-5H,1H3,(H,8,9,10)/t13-;/m0./s1. The Balaban J connectivity index is 0.000000261. The van der Waals surface area contributed by atoms with Gasteiger partial charge in [0.25, 0.3) is 10.1 Å². The zero-order valence-corrected chi connectivity index (χ0v) is 20.2. The first-order chi connectivity index (χ1) is 16.5. The molecule has 1 saturated heterocycles. The molecule has 0 saturated carbocycles. The van der Waals surface area contributed by atoms with Gasteiger partial charge in [-0.05, 0) is 56.5 Å². The Kier molecular flexibility index (Phi) is 8.05. The van der Waals surface area contributed by atoms with E-state index in [0.717, 1.165) is 22.9 Å². The van der Waals surface area contributed by atoms with Gasteiger partial charge in [0.2, 0.25) is 11.8 Å². The van der Waals surface area contributed by atoms with Crippen molar-refractivity contribution in [1.82, 2.24) is 4.90 Å². The van der Waals surface area contributed by atoms with Crippen LogP contribution in [0, 0.1) is 13.8 Å². The number of carbonyl (C=O) groups excluding carboxylic acids is 2. The van der Waals surface area contributed by atoms with Crippen molar-refractivity contribution in [3.8, 4) is 0 Å². The number of nitrogens with one attached hydrogen (secondary N) is 1. The maximum Gasteiger partial charge on any atom is 0.336 e. The summed E-state index contributed by atoms with van der Waals surface area (Å²) >= 11 is 0. The summed E-state index contributed by atoms with van der Waals surface area (Å²) in [4.78, 5) is 37.2. The lowest BCUT2D eigenvalue weighted by Gasteiger charge is -2.23. The summed E-state index contributed by atoms with van der Waals surface area (Å²) < 4.78 is 34.7. The maximum atomic E-state index is 12.5. The van der Waals surface area contributed by atoms with Gasteiger partial charge in [-0.25, -0.2) is 4.79 Å². The summed E-state index contributed by atoms with van der Waals surface area (Å²) in [6.45, 7) is 4.10. The van der Waals surface area contributed by atoms with Crippen molar-refractivity contribution in [2.75, 3.05) is 18.4 Å². The second kappa shape index (κ2) is 10.8. The van der Waals surface area contributed by atoms with Crippen LogP contribution in [0.15, 0.2) is 62.6 Å². The van der Waals surface area contributed by atoms with E-state index in [0.29, 0.717) is 24.2 Å². The second-order valence-corrected chi connectivity index (χ2v) is 9.61. The highest BCUT2D eigenvalue weighted by atomic mass is 32.2. The van der Waals surface area contributed by atoms with Crippen molar-refractivity contribution in [3.63, 3.8) is 0 Å². The van der Waals surface area contributed by atoms with Gasteiger partial charge in [0, 0.05) is 29.8 Å². The molecule has 186 valence electrons. The van der Waals surface area contributed by atoms with Crippen LogP contribution in [0.5, 0.6) is 0 Å². The Labute approximate surface area is 202 Å². The van der Waals surface area contributed by atoms with Crippen molar-refractivity contribution in [3.05, 3.63) is 70.1 Å². The van der Waals surface area contributed by atoms with Gasteiger partial charge in [-0.2, -0.15) is 8.42 Å². The van der Waals surface area contributed by atoms with Crippen LogP contribution < -0.4 is 16.7 Å². The summed E-state index contributed by atoms with van der Waals surface area (Å²) in [6.07, 6.45) is 1.38. The Morgan fingerprint density at radius 2 is 1.83 bits per heavy atom. The number of fused-ring (bicyclic) bond motifs is 1. The molecule has 11 heteroatoms. The number of rotatable bonds is 4. The monoisotopic (exact) mass is 501 g/mol. The molecule has 0 spiro atoms. The SMILES string of the molecule is Cc1cc(=O)oc2cc(NC(=O)[C@@H]3CCCN3C(=O)CN)ccc12.Cc1ccc(S(=O)(=O)O)cc1. The number of anilines is 1. The zero-order valence-electron chi connectivity index (χ0n) is 19.4. The van der Waals surface area contributed by atoms with E-state index < -0.39 is 21.8 Å². The predicted octanol–water partition coefficient (Wildman–Crippen LogP) is 2.23. The minimum Gasteiger partial charge on any atom is -0.423 e. The van der Waals surface area contributed by atoms with Crippen LogP contribution in [-0.4, -0.2) is 48.8 Å². The molecule has 0 unspecified atom stereocenters. The van der Waals surface area contributed by atoms with Crippen molar-refractivity contribution in [2.24, 2.45) is 5.73 Å². The molecular formula is C24H27N3O7S. The molecule has 2 heterocycles. The second-order valence-electron chi connectivity index (χ2n) is 8.19. The molecule has 1 aliphatic rings. The third-order valence-corrected chi connectivity index (χ3v) is 6.46. The first kappa shape index (κ1) is 26.1. The number of hydrogen-bond donors (Lipinski definition) is 3. The topological polar surface area (TPSA) is 160 Å². The van der Waals surface area contributed by atoms with E-state index in [2.05, 4.69) is 5.32 Å². The largest absolute Gasteiger partial charge is 0.423 e. The smallest absolute Gasteiger partial charge is 0.336 e. The lowest BCUT2D eigenvalue weighted by molar-refractivity contribution is -0.135. The van der Waals surface area contributed by atoms with Crippen LogP contribution in [-0.2, 0) is 19.7 Å². The normalized spacial score (nSPS) is 15.4. The Bertz CT molecular complexity index is 1400. The average molecular weight is 502 g/mol. The van der Waals surface area contributed by atoms with E-state index in [-0.39, 0.29) is 23.3 Å². The van der Waals surface area contributed by atoms with E-state index in [9.17, 15) is 22.8 Å². The van der Waals surface area contributed by atoms with Crippen LogP contribution >= 0.6 is 0 Å². The van der Waals surface area contributed by atoms with E-state index in [1.165, 1.54) is 23.1 Å². The fourth-order valence-electron chi connectivity index (χ4n) is 3.79. The van der Waals surface area contributed by atoms with Gasteiger partial charge in [0.05, 0.1) is 11.4 Å². The highest BCUT2D eigenvalue weighted by molar-refractivity contribution is 7.85. The molecule has 2 aromatic carbocycles. The number of benzene rings is 2. The molecule has 35 heavy (non-hydrogen) atoms. The fraction of sp³-hybridized carbons (Fsp3) is 0.292. The zero-order chi connectivity index (χ0) is 25.8. The number of nitrogens with two attached hydrogens (primary N) is 1. The van der Waals surface area contributed by atoms with Crippen molar-refractivity contribution < 1.29 is 27.0 Å². The van der Waals surface area contributed by atoms with E-state index in [1.807, 2.05) is 13.8 Å². The highest BCUT2D eigenvalue weighted by Gasteiger charge is 2.33. The Hall–Kier alpha value is -3.54. The number of carbonyl (C=O) groups is 2. The quantitative estimate of drug-likeness (QED) is 0.362. The summed E-state index contributed by atoms with van der Waals surface area (Å²) in [5.74, 6) is -0.489. The molecule has 0 bridgehead atoms. The lowest BCUT2D eigenvalue weighted by atomic mass is 10.1. The Morgan fingerprint density at radius 3 is 2.46 bits per heavy atom. The molecule has 1 atom stereocenters. The van der Waals surface area contributed by atoms with Gasteiger partial charge in [-0.1, -0.05) is 17.7 Å². The molecule has 4 N–H and O–H groups in total. The molecule has 0 aliphatic carbocycles. The van der Waals surface area contributed by atoms with E-state index in [1.54, 1.807) is 30.3 Å². The van der Waals surface area contributed by atoms with Gasteiger partial charge < -0.3 is 20.4 Å². The molecule has 1 aliphatic heterocycles. The molecule has 0 radical (unpaired) electrons. The highest BCUT2D eigenvalue weighted by Crippen LogP contribution is 2.23. The van der Waals surface area contributed by atoms with Crippen LogP contribution in [0.3, 0.4) is 0 Å². The Morgan fingerprint density at radius 1 is 1.14 bits per heavy atom. The third kappa shape index (κ3) is 6.53. The summed E-state index contributed by atoms with van der Waals surface area (Å²) in [5.41, 5.74) is 7.67. The molecule has 3 aromatic rings. The van der Waals surface area contributed by atoms with Crippen LogP contribution in [0.2, 0.25) is 0 Å². The van der Waals surface area contributed by atoms with Gasteiger partial charge in [0.1, 0.15) is 11.6 Å². The summed E-state index contributed by atoms with van der Waals surface area (Å²) in [5, 5.41) is 3.60. The van der Waals surface area contributed by atoms with Crippen molar-refractivity contribution in [1.29, 1.82) is 0 Å². The van der Waals surface area contributed by atoms with Gasteiger partial charge in [0.15, 0.2) is 0 Å². The summed E-state index contributed by atoms with van der Waals surface area (Å²) in [7, 11) is -4.02. The molecular weight excluding hydrogens is 474 g/mol. The molecule has 4 rings (SSSR count). The van der Waals surface area contributed by atoms with Crippen molar-refractivity contribution in [2.45, 2.75) is 37.6 Å². The van der Waals surface area contributed by atoms with Gasteiger partial charge in [-0.15, -0.1) is 0 Å². The molecule has 1 fully saturated rings. The fourth-order valence-corrected chi connectivity index (χ4v) is 4.27. The summed E-state index contributed by atoms with van der Waals surface area (Å²) in [6, 6.07) is 12.1. The number of amides is 2. The molecule has 2 amide bonds. The minimum atomic E-state index is -4.02. The molecule has 1 aromatic heterocycles. The number of aryl methyl sites for hydroxylation is 2. The first-order valence-electron chi connectivity index (χ1n) is 10.9. The van der Waals surface area contributed by atoms with Gasteiger partial charge in [-0.3, -0.25) is 14.1 Å². The van der Waals surface area contributed by atoms with E-state index in [4.69, 9.17) is 14.7 Å². The molecule has 10 nitrogen and oxygen atoms in total. The lowest BCUT2D eigenvalue weighted by Crippen LogP contribution is -2.45. The third-order valence-electron chi connectivity index (χ3n) is 5.59. The van der Waals surface area contributed by atoms with Crippen LogP contribution in [0.1, 0.15) is 24.0 Å². The van der Waals surface area contributed by atoms with Crippen LogP contribution in [0.4, 0.5) is 5.69 Å². The number of hydrogen-bond acceptors (Lipinski definition) is 7. The first-order valence-corrected chi connectivity index (χ1v) is 12.3. The van der Waals surface area contributed by atoms with Crippen LogP contribution in [0.25, 0.3) is 11.0 Å². The number of nitrogens with zero attached hydrogens (tertiary/aromatic N) is 1. The average Bonchev–Trinajstić information content (AvgIpc) is 3.28. The van der Waals surface area contributed by atoms with E-state index >= 15 is 0 Å². The predicted molar refractivity (Wildman–Crippen MR) is 131 cm³/mol. The van der Waals surface area contributed by atoms with Gasteiger partial charge >= 0.3 is 5.63 Å². The van der Waals surface area contributed by atoms with Crippen molar-refractivity contribution >= 4 is 38.6 Å².